The number of likely N-dealkylation sites (tertiary alicyclic amines) is 1. The Labute approximate surface area is 149 Å². The van der Waals surface area contributed by atoms with E-state index in [9.17, 15) is 9.59 Å². The fraction of sp³-hybridized carbons (Fsp3) is 0.438. The average Bonchev–Trinajstić information content (AvgIpc) is 3.13. The molecule has 0 spiro atoms. The number of primary amides is 1. The summed E-state index contributed by atoms with van der Waals surface area (Å²) in [5.41, 5.74) is 5.87. The lowest BCUT2D eigenvalue weighted by Gasteiger charge is -2.27. The highest BCUT2D eigenvalue weighted by atomic mass is 28.1. The van der Waals surface area contributed by atoms with Crippen LogP contribution in [-0.2, 0) is 14.7 Å². The summed E-state index contributed by atoms with van der Waals surface area (Å²) in [4.78, 5) is 25.8. The summed E-state index contributed by atoms with van der Waals surface area (Å²) in [5, 5.41) is 6.97. The van der Waals surface area contributed by atoms with Gasteiger partial charge in [0.05, 0.1) is 17.8 Å². The number of methoxy groups -OCH3 is 1. The third-order valence-corrected chi connectivity index (χ3v) is 5.61. The standard InChI is InChI=1S/C16H23N5O3Si/c1-5-11-13(14(17)23)15(18-3)21(19-11)16(25)7-10(8-24-4)20(9-16)12(22)6-2/h1,6,10,18H,2,7-9H2,3-4,25H3,(H2,17,23)/t10-,16-/m1/s1. The van der Waals surface area contributed by atoms with Gasteiger partial charge in [0.25, 0.3) is 5.91 Å². The van der Waals surface area contributed by atoms with Crippen molar-refractivity contribution in [3.8, 4) is 12.3 Å². The van der Waals surface area contributed by atoms with Crippen molar-refractivity contribution in [3.05, 3.63) is 23.9 Å². The number of nitrogens with one attached hydrogen (secondary N) is 1. The summed E-state index contributed by atoms with van der Waals surface area (Å²) in [6, 6.07) is -0.104. The van der Waals surface area contributed by atoms with Crippen LogP contribution in [0.1, 0.15) is 22.5 Å². The summed E-state index contributed by atoms with van der Waals surface area (Å²) in [6.07, 6.45) is 7.43. The maximum Gasteiger partial charge on any atom is 0.255 e. The van der Waals surface area contributed by atoms with Crippen LogP contribution in [0.25, 0.3) is 0 Å². The number of nitrogens with two attached hydrogens (primary N) is 1. The van der Waals surface area contributed by atoms with Gasteiger partial charge in [-0.3, -0.25) is 9.59 Å². The second-order valence-corrected chi connectivity index (χ2v) is 8.08. The van der Waals surface area contributed by atoms with Gasteiger partial charge >= 0.3 is 0 Å². The fourth-order valence-corrected chi connectivity index (χ4v) is 4.56. The van der Waals surface area contributed by atoms with Crippen molar-refractivity contribution in [2.24, 2.45) is 5.73 Å². The van der Waals surface area contributed by atoms with Crippen LogP contribution in [0.3, 0.4) is 0 Å². The predicted molar refractivity (Wildman–Crippen MR) is 98.3 cm³/mol. The minimum atomic E-state index is -0.640. The topological polar surface area (TPSA) is 102 Å². The molecular weight excluding hydrogens is 338 g/mol. The van der Waals surface area contributed by atoms with Crippen molar-refractivity contribution in [2.45, 2.75) is 17.6 Å². The molecule has 2 amide bonds. The van der Waals surface area contributed by atoms with E-state index in [-0.39, 0.29) is 23.2 Å². The van der Waals surface area contributed by atoms with E-state index in [1.807, 2.05) is 0 Å². The van der Waals surface area contributed by atoms with E-state index in [0.29, 0.717) is 35.6 Å². The van der Waals surface area contributed by atoms with Gasteiger partial charge in [0.15, 0.2) is 0 Å². The van der Waals surface area contributed by atoms with Gasteiger partial charge < -0.3 is 20.7 Å². The first-order valence-electron chi connectivity index (χ1n) is 7.82. The SMILES string of the molecule is C#Cc1nn([C@@]2([SiH3])C[C@H](COC)N(C(=O)C=C)C2)c(NC)c1C(N)=O. The molecule has 0 radical (unpaired) electrons. The highest BCUT2D eigenvalue weighted by Gasteiger charge is 2.45. The molecule has 1 aliphatic heterocycles. The molecule has 2 rings (SSSR count). The molecular formula is C16H23N5O3Si. The summed E-state index contributed by atoms with van der Waals surface area (Å²) >= 11 is 0. The van der Waals surface area contributed by atoms with Gasteiger partial charge in [-0.2, -0.15) is 5.10 Å². The van der Waals surface area contributed by atoms with Crippen molar-refractivity contribution in [1.29, 1.82) is 0 Å². The van der Waals surface area contributed by atoms with E-state index >= 15 is 0 Å². The second kappa shape index (κ2) is 7.12. The van der Waals surface area contributed by atoms with Crippen LogP contribution in [0.4, 0.5) is 5.82 Å². The number of nitrogens with zero attached hydrogens (tertiary/aromatic N) is 3. The largest absolute Gasteiger partial charge is 0.383 e. The fourth-order valence-electron chi connectivity index (χ4n) is 3.42. The van der Waals surface area contributed by atoms with Crippen LogP contribution >= 0.6 is 0 Å². The van der Waals surface area contributed by atoms with Crippen LogP contribution in [0.5, 0.6) is 0 Å². The minimum absolute atomic E-state index is 0.104. The Balaban J connectivity index is 2.54. The van der Waals surface area contributed by atoms with Crippen LogP contribution < -0.4 is 11.1 Å². The quantitative estimate of drug-likeness (QED) is 0.363. The van der Waals surface area contributed by atoms with Crippen molar-refractivity contribution < 1.29 is 14.3 Å². The zero-order valence-corrected chi connectivity index (χ0v) is 16.7. The van der Waals surface area contributed by atoms with Gasteiger partial charge in [0, 0.05) is 30.9 Å². The molecule has 0 unspecified atom stereocenters. The Morgan fingerprint density at radius 1 is 1.68 bits per heavy atom. The molecule has 9 heteroatoms. The number of terminal acetylenes is 1. The number of hydrogen-bond donors (Lipinski definition) is 2. The molecule has 1 aromatic rings. The lowest BCUT2D eigenvalue weighted by atomic mass is 10.1. The first kappa shape index (κ1) is 18.8. The molecule has 1 fully saturated rings. The number of amides is 2. The number of carbonyl (C=O) groups excluding carboxylic acids is 2. The number of rotatable bonds is 6. The van der Waals surface area contributed by atoms with E-state index < -0.39 is 11.1 Å². The molecule has 134 valence electrons. The number of ether oxygens (including phenoxy) is 1. The van der Waals surface area contributed by atoms with Gasteiger partial charge in [-0.15, -0.1) is 6.42 Å². The molecule has 0 saturated carbocycles. The van der Waals surface area contributed by atoms with Gasteiger partial charge in [-0.25, -0.2) is 4.68 Å². The van der Waals surface area contributed by atoms with Crippen molar-refractivity contribution in [3.63, 3.8) is 0 Å². The molecule has 8 nitrogen and oxygen atoms in total. The monoisotopic (exact) mass is 361 g/mol. The summed E-state index contributed by atoms with van der Waals surface area (Å²) in [5.74, 6) is 2.09. The zero-order chi connectivity index (χ0) is 18.8. The summed E-state index contributed by atoms with van der Waals surface area (Å²) in [6.45, 7) is 4.41. The molecule has 25 heavy (non-hydrogen) atoms. The number of aromatic nitrogens is 2. The van der Waals surface area contributed by atoms with Crippen LogP contribution in [-0.4, -0.2) is 70.1 Å². The third kappa shape index (κ3) is 3.18. The Morgan fingerprint density at radius 3 is 2.84 bits per heavy atom. The van der Waals surface area contributed by atoms with Crippen LogP contribution in [0, 0.1) is 12.3 Å². The molecule has 3 N–H and O–H groups in total. The molecule has 0 bridgehead atoms. The Morgan fingerprint density at radius 2 is 2.36 bits per heavy atom. The molecule has 0 aliphatic carbocycles. The first-order valence-corrected chi connectivity index (χ1v) is 8.82. The lowest BCUT2D eigenvalue weighted by Crippen LogP contribution is -2.41. The van der Waals surface area contributed by atoms with E-state index in [1.54, 1.807) is 23.7 Å². The molecule has 1 aliphatic rings. The third-order valence-electron chi connectivity index (χ3n) is 4.46. The minimum Gasteiger partial charge on any atom is -0.383 e. The van der Waals surface area contributed by atoms with E-state index in [1.165, 1.54) is 6.08 Å². The van der Waals surface area contributed by atoms with Gasteiger partial charge in [0.2, 0.25) is 5.91 Å². The molecule has 2 atom stereocenters. The molecule has 1 aromatic heterocycles. The lowest BCUT2D eigenvalue weighted by molar-refractivity contribution is -0.127. The van der Waals surface area contributed by atoms with Gasteiger partial charge in [-0.1, -0.05) is 6.58 Å². The molecule has 2 heterocycles. The van der Waals surface area contributed by atoms with E-state index in [2.05, 4.69) is 22.9 Å². The van der Waals surface area contributed by atoms with Crippen LogP contribution in [0.2, 0.25) is 0 Å². The highest BCUT2D eigenvalue weighted by Crippen LogP contribution is 2.35. The Kier molecular flexibility index (Phi) is 5.35. The molecule has 0 aromatic carbocycles. The summed E-state index contributed by atoms with van der Waals surface area (Å²) < 4.78 is 6.98. The maximum absolute atomic E-state index is 12.2. The number of carbonyl (C=O) groups is 2. The normalized spacial score (nSPS) is 22.6. The second-order valence-electron chi connectivity index (χ2n) is 6.22. The zero-order valence-electron chi connectivity index (χ0n) is 14.7. The van der Waals surface area contributed by atoms with Gasteiger partial charge in [0.1, 0.15) is 17.1 Å². The Bertz CT molecular complexity index is 754. The number of hydrogen-bond acceptors (Lipinski definition) is 5. The predicted octanol–water partition coefficient (Wildman–Crippen LogP) is -1.54. The van der Waals surface area contributed by atoms with Crippen molar-refractivity contribution in [1.82, 2.24) is 14.7 Å². The smallest absolute Gasteiger partial charge is 0.255 e. The van der Waals surface area contributed by atoms with E-state index in [4.69, 9.17) is 16.9 Å². The average molecular weight is 361 g/mol. The first-order chi connectivity index (χ1) is 11.8. The van der Waals surface area contributed by atoms with Crippen molar-refractivity contribution in [2.75, 3.05) is 32.6 Å². The van der Waals surface area contributed by atoms with Gasteiger partial charge in [-0.05, 0) is 18.4 Å². The number of anilines is 1. The maximum atomic E-state index is 12.2. The van der Waals surface area contributed by atoms with E-state index in [0.717, 1.165) is 0 Å². The highest BCUT2D eigenvalue weighted by molar-refractivity contribution is 6.15. The van der Waals surface area contributed by atoms with Crippen molar-refractivity contribution >= 4 is 27.9 Å². The van der Waals surface area contributed by atoms with Crippen LogP contribution in [0.15, 0.2) is 12.7 Å². The molecule has 1 saturated heterocycles. The summed E-state index contributed by atoms with van der Waals surface area (Å²) in [7, 11) is 3.95. The Hall–Kier alpha value is -2.57.